The second-order valence-corrected chi connectivity index (χ2v) is 3.23. The van der Waals surface area contributed by atoms with Crippen molar-refractivity contribution < 1.29 is 0 Å². The van der Waals surface area contributed by atoms with Gasteiger partial charge in [0.1, 0.15) is 6.33 Å². The monoisotopic (exact) mass is 166 g/mol. The average Bonchev–Trinajstić information content (AvgIpc) is 2.53. The van der Waals surface area contributed by atoms with Crippen LogP contribution in [-0.2, 0) is 7.05 Å². The van der Waals surface area contributed by atoms with Gasteiger partial charge in [0.2, 0.25) is 5.95 Å². The van der Waals surface area contributed by atoms with E-state index in [4.69, 9.17) is 0 Å². The summed E-state index contributed by atoms with van der Waals surface area (Å²) >= 11 is 0. The Morgan fingerprint density at radius 3 is 2.58 bits per heavy atom. The van der Waals surface area contributed by atoms with Crippen molar-refractivity contribution >= 4 is 5.95 Å². The van der Waals surface area contributed by atoms with Crippen LogP contribution in [0.5, 0.6) is 0 Å². The van der Waals surface area contributed by atoms with Gasteiger partial charge < -0.3 is 4.90 Å². The van der Waals surface area contributed by atoms with Crippen LogP contribution in [-0.4, -0.2) is 27.9 Å². The van der Waals surface area contributed by atoms with Gasteiger partial charge in [-0.05, 0) is 19.3 Å². The number of hydrogen-bond donors (Lipinski definition) is 0. The van der Waals surface area contributed by atoms with E-state index in [-0.39, 0.29) is 0 Å². The van der Waals surface area contributed by atoms with Gasteiger partial charge in [-0.1, -0.05) is 0 Å². The first-order valence-corrected chi connectivity index (χ1v) is 4.47. The molecule has 4 nitrogen and oxygen atoms in total. The molecule has 0 bridgehead atoms. The fourth-order valence-corrected chi connectivity index (χ4v) is 1.67. The number of hydrogen-bond acceptors (Lipinski definition) is 3. The summed E-state index contributed by atoms with van der Waals surface area (Å²) in [7, 11) is 1.94. The molecule has 0 atom stereocenters. The molecule has 0 radical (unpaired) electrons. The highest BCUT2D eigenvalue weighted by atomic mass is 15.4. The molecule has 0 saturated carbocycles. The van der Waals surface area contributed by atoms with E-state index in [0.29, 0.717) is 0 Å². The van der Waals surface area contributed by atoms with Crippen LogP contribution in [0.1, 0.15) is 19.3 Å². The number of anilines is 1. The summed E-state index contributed by atoms with van der Waals surface area (Å²) in [6.07, 6.45) is 5.54. The molecule has 0 aromatic carbocycles. The summed E-state index contributed by atoms with van der Waals surface area (Å²) in [6, 6.07) is 0. The molecule has 1 aliphatic heterocycles. The molecule has 12 heavy (non-hydrogen) atoms. The van der Waals surface area contributed by atoms with Gasteiger partial charge in [0.15, 0.2) is 0 Å². The third-order valence-corrected chi connectivity index (χ3v) is 2.33. The molecule has 0 N–H and O–H groups in total. The van der Waals surface area contributed by atoms with E-state index in [1.165, 1.54) is 19.3 Å². The summed E-state index contributed by atoms with van der Waals surface area (Å²) < 4.78 is 1.84. The Bertz CT molecular complexity index is 249. The van der Waals surface area contributed by atoms with Gasteiger partial charge in [0.25, 0.3) is 0 Å². The van der Waals surface area contributed by atoms with Crippen LogP contribution in [0.15, 0.2) is 6.33 Å². The molecule has 1 aromatic heterocycles. The molecule has 0 spiro atoms. The third kappa shape index (κ3) is 1.29. The van der Waals surface area contributed by atoms with Gasteiger partial charge in [-0.3, -0.25) is 0 Å². The molecule has 4 heteroatoms. The lowest BCUT2D eigenvalue weighted by molar-refractivity contribution is 0.557. The maximum absolute atomic E-state index is 4.22. The van der Waals surface area contributed by atoms with Gasteiger partial charge >= 0.3 is 0 Å². The van der Waals surface area contributed by atoms with Crippen LogP contribution in [0.25, 0.3) is 0 Å². The highest BCUT2D eigenvalue weighted by Gasteiger charge is 2.14. The van der Waals surface area contributed by atoms with Gasteiger partial charge in [0, 0.05) is 20.1 Å². The lowest BCUT2D eigenvalue weighted by Gasteiger charge is -2.26. The van der Waals surface area contributed by atoms with Crippen LogP contribution in [0.4, 0.5) is 5.95 Å². The molecular weight excluding hydrogens is 152 g/mol. The number of nitrogens with zero attached hydrogens (tertiary/aromatic N) is 4. The molecule has 2 heterocycles. The lowest BCUT2D eigenvalue weighted by Crippen LogP contribution is -2.31. The quantitative estimate of drug-likeness (QED) is 0.619. The van der Waals surface area contributed by atoms with Crippen LogP contribution in [0.2, 0.25) is 0 Å². The molecule has 0 unspecified atom stereocenters. The Balaban J connectivity index is 2.13. The highest BCUT2D eigenvalue weighted by Crippen LogP contribution is 2.15. The van der Waals surface area contributed by atoms with Gasteiger partial charge in [0.05, 0.1) is 0 Å². The smallest absolute Gasteiger partial charge is 0.223 e. The molecule has 1 aliphatic rings. The molecule has 1 fully saturated rings. The van der Waals surface area contributed by atoms with Crippen molar-refractivity contribution in [3.05, 3.63) is 6.33 Å². The van der Waals surface area contributed by atoms with E-state index in [1.807, 2.05) is 11.7 Å². The SMILES string of the molecule is Cn1ncnc1N1CCCCC1. The second kappa shape index (κ2) is 3.13. The molecule has 1 saturated heterocycles. The van der Waals surface area contributed by atoms with Crippen LogP contribution >= 0.6 is 0 Å². The van der Waals surface area contributed by atoms with Gasteiger partial charge in [-0.15, -0.1) is 0 Å². The lowest BCUT2D eigenvalue weighted by atomic mass is 10.1. The van der Waals surface area contributed by atoms with E-state index >= 15 is 0 Å². The minimum Gasteiger partial charge on any atom is -0.341 e. The Hall–Kier alpha value is -1.06. The van der Waals surface area contributed by atoms with Gasteiger partial charge in [-0.2, -0.15) is 10.1 Å². The van der Waals surface area contributed by atoms with E-state index < -0.39 is 0 Å². The van der Waals surface area contributed by atoms with Crippen LogP contribution in [0, 0.1) is 0 Å². The van der Waals surface area contributed by atoms with Crippen molar-refractivity contribution in [1.29, 1.82) is 0 Å². The number of rotatable bonds is 1. The zero-order valence-electron chi connectivity index (χ0n) is 7.40. The normalized spacial score (nSPS) is 18.2. The molecule has 2 rings (SSSR count). The molecule has 0 aliphatic carbocycles. The first-order valence-electron chi connectivity index (χ1n) is 4.47. The fraction of sp³-hybridized carbons (Fsp3) is 0.750. The van der Waals surface area contributed by atoms with E-state index in [2.05, 4.69) is 15.0 Å². The highest BCUT2D eigenvalue weighted by molar-refractivity contribution is 5.28. The Kier molecular flexibility index (Phi) is 1.98. The van der Waals surface area contributed by atoms with Crippen molar-refractivity contribution in [2.24, 2.45) is 7.05 Å². The molecule has 66 valence electrons. The zero-order valence-corrected chi connectivity index (χ0v) is 7.40. The second-order valence-electron chi connectivity index (χ2n) is 3.23. The first kappa shape index (κ1) is 7.58. The van der Waals surface area contributed by atoms with E-state index in [0.717, 1.165) is 19.0 Å². The van der Waals surface area contributed by atoms with Crippen LogP contribution in [0.3, 0.4) is 0 Å². The average molecular weight is 166 g/mol. The molecular formula is C8H14N4. The fourth-order valence-electron chi connectivity index (χ4n) is 1.67. The third-order valence-electron chi connectivity index (χ3n) is 2.33. The Morgan fingerprint density at radius 2 is 2.00 bits per heavy atom. The van der Waals surface area contributed by atoms with Gasteiger partial charge in [-0.25, -0.2) is 4.68 Å². The predicted molar refractivity (Wildman–Crippen MR) is 47.1 cm³/mol. The standard InChI is InChI=1S/C8H14N4/c1-11-8(9-7-10-11)12-5-3-2-4-6-12/h7H,2-6H2,1H3. The minimum absolute atomic E-state index is 1.01. The summed E-state index contributed by atoms with van der Waals surface area (Å²) in [6.45, 7) is 2.26. The largest absolute Gasteiger partial charge is 0.341 e. The summed E-state index contributed by atoms with van der Waals surface area (Å²) in [5.41, 5.74) is 0. The van der Waals surface area contributed by atoms with Crippen molar-refractivity contribution in [2.75, 3.05) is 18.0 Å². The topological polar surface area (TPSA) is 34.0 Å². The minimum atomic E-state index is 1.01. The summed E-state index contributed by atoms with van der Waals surface area (Å²) in [4.78, 5) is 6.52. The Morgan fingerprint density at radius 1 is 1.25 bits per heavy atom. The van der Waals surface area contributed by atoms with Crippen molar-refractivity contribution in [3.8, 4) is 0 Å². The van der Waals surface area contributed by atoms with Crippen molar-refractivity contribution in [3.63, 3.8) is 0 Å². The van der Waals surface area contributed by atoms with Crippen molar-refractivity contribution in [1.82, 2.24) is 14.8 Å². The number of aryl methyl sites for hydroxylation is 1. The van der Waals surface area contributed by atoms with Crippen LogP contribution < -0.4 is 4.90 Å². The Labute approximate surface area is 72.2 Å². The summed E-state index contributed by atoms with van der Waals surface area (Å²) in [5.74, 6) is 1.01. The summed E-state index contributed by atoms with van der Waals surface area (Å²) in [5, 5.41) is 4.06. The molecule has 1 aromatic rings. The number of piperidine rings is 1. The maximum Gasteiger partial charge on any atom is 0.223 e. The van der Waals surface area contributed by atoms with Crippen molar-refractivity contribution in [2.45, 2.75) is 19.3 Å². The number of aromatic nitrogens is 3. The first-order chi connectivity index (χ1) is 5.88. The molecule has 0 amide bonds. The van der Waals surface area contributed by atoms with E-state index in [1.54, 1.807) is 6.33 Å². The maximum atomic E-state index is 4.22. The van der Waals surface area contributed by atoms with E-state index in [9.17, 15) is 0 Å². The predicted octanol–water partition coefficient (Wildman–Crippen LogP) is 0.805. The zero-order chi connectivity index (χ0) is 8.39.